The average molecular weight is 468 g/mol. The van der Waals surface area contributed by atoms with Crippen LogP contribution in [0.4, 0.5) is 18.9 Å². The van der Waals surface area contributed by atoms with E-state index in [4.69, 9.17) is 23.2 Å². The first-order valence-electron chi connectivity index (χ1n) is 7.79. The van der Waals surface area contributed by atoms with Crippen molar-refractivity contribution in [1.82, 2.24) is 5.43 Å². The molecule has 0 saturated heterocycles. The van der Waals surface area contributed by atoms with E-state index in [9.17, 15) is 26.4 Å². The fourth-order valence-corrected chi connectivity index (χ4v) is 3.58. The number of hydrogen-bond donors (Lipinski definition) is 1. The lowest BCUT2D eigenvalue weighted by Gasteiger charge is -2.21. The number of nitrogens with zero attached hydrogens (tertiary/aromatic N) is 2. The SMILES string of the molecule is CS(=O)(=O)N(CC(=O)N/N=C\c1cccc(C(F)(F)F)c1)c1cc(Cl)cc(Cl)c1. The molecule has 156 valence electrons. The van der Waals surface area contributed by atoms with E-state index in [2.05, 4.69) is 10.5 Å². The summed E-state index contributed by atoms with van der Waals surface area (Å²) in [5.74, 6) is -0.824. The molecule has 29 heavy (non-hydrogen) atoms. The predicted octanol–water partition coefficient (Wildman–Crippen LogP) is 3.93. The van der Waals surface area contributed by atoms with Gasteiger partial charge in [0.1, 0.15) is 6.54 Å². The van der Waals surface area contributed by atoms with Crippen molar-refractivity contribution in [3.05, 3.63) is 63.6 Å². The molecule has 0 heterocycles. The summed E-state index contributed by atoms with van der Waals surface area (Å²) in [6, 6.07) is 8.33. The molecule has 1 amide bonds. The summed E-state index contributed by atoms with van der Waals surface area (Å²) < 4.78 is 62.9. The molecule has 2 aromatic rings. The molecule has 0 fully saturated rings. The first-order chi connectivity index (χ1) is 13.4. The highest BCUT2D eigenvalue weighted by molar-refractivity contribution is 7.92. The highest BCUT2D eigenvalue weighted by Crippen LogP contribution is 2.29. The van der Waals surface area contributed by atoms with Crippen molar-refractivity contribution < 1.29 is 26.4 Å². The number of amides is 1. The molecular formula is C17H14Cl2F3N3O3S. The fourth-order valence-electron chi connectivity index (χ4n) is 2.22. The molecular weight excluding hydrogens is 454 g/mol. The molecule has 12 heteroatoms. The molecule has 0 bridgehead atoms. The van der Waals surface area contributed by atoms with E-state index in [1.165, 1.54) is 30.3 Å². The van der Waals surface area contributed by atoms with E-state index in [-0.39, 0.29) is 21.3 Å². The second-order valence-electron chi connectivity index (χ2n) is 5.81. The number of hydrazone groups is 1. The Kier molecular flexibility index (Phi) is 7.15. The van der Waals surface area contributed by atoms with Gasteiger partial charge < -0.3 is 0 Å². The third-order valence-corrected chi connectivity index (χ3v) is 5.02. The van der Waals surface area contributed by atoms with Gasteiger partial charge in [-0.15, -0.1) is 0 Å². The minimum absolute atomic E-state index is 0.0713. The summed E-state index contributed by atoms with van der Waals surface area (Å²) in [7, 11) is -3.87. The van der Waals surface area contributed by atoms with Gasteiger partial charge in [0.2, 0.25) is 10.0 Å². The number of sulfonamides is 1. The molecule has 0 radical (unpaired) electrons. The van der Waals surface area contributed by atoms with Crippen molar-refractivity contribution in [2.75, 3.05) is 17.1 Å². The number of anilines is 1. The van der Waals surface area contributed by atoms with Gasteiger partial charge in [0, 0.05) is 10.0 Å². The van der Waals surface area contributed by atoms with Gasteiger partial charge in [-0.25, -0.2) is 13.8 Å². The number of benzene rings is 2. The van der Waals surface area contributed by atoms with Crippen LogP contribution in [0.1, 0.15) is 11.1 Å². The van der Waals surface area contributed by atoms with Crippen LogP contribution in [0.3, 0.4) is 0 Å². The zero-order chi connectivity index (χ0) is 21.8. The number of nitrogens with one attached hydrogen (secondary N) is 1. The van der Waals surface area contributed by atoms with Crippen LogP contribution >= 0.6 is 23.2 Å². The summed E-state index contributed by atoms with van der Waals surface area (Å²) in [6.45, 7) is -0.643. The Hall–Kier alpha value is -2.30. The molecule has 0 aliphatic carbocycles. The van der Waals surface area contributed by atoms with E-state index >= 15 is 0 Å². The van der Waals surface area contributed by atoms with Gasteiger partial charge >= 0.3 is 6.18 Å². The van der Waals surface area contributed by atoms with E-state index in [0.29, 0.717) is 0 Å². The molecule has 1 N–H and O–H groups in total. The van der Waals surface area contributed by atoms with Crippen LogP contribution in [-0.2, 0) is 21.0 Å². The number of carbonyl (C=O) groups excluding carboxylic acids is 1. The summed E-state index contributed by atoms with van der Waals surface area (Å²) in [5.41, 5.74) is 1.37. The second-order valence-corrected chi connectivity index (χ2v) is 8.59. The summed E-state index contributed by atoms with van der Waals surface area (Å²) in [5, 5.41) is 3.90. The van der Waals surface area contributed by atoms with Gasteiger partial charge in [-0.1, -0.05) is 35.3 Å². The number of hydrogen-bond acceptors (Lipinski definition) is 4. The Morgan fingerprint density at radius 3 is 2.34 bits per heavy atom. The second kappa shape index (κ2) is 9.02. The Morgan fingerprint density at radius 2 is 1.79 bits per heavy atom. The summed E-state index contributed by atoms with van der Waals surface area (Å²) in [6.07, 6.45) is -2.61. The van der Waals surface area contributed by atoms with Crippen molar-refractivity contribution in [2.45, 2.75) is 6.18 Å². The highest BCUT2D eigenvalue weighted by Gasteiger charge is 2.30. The zero-order valence-electron chi connectivity index (χ0n) is 14.7. The number of halogens is 5. The lowest BCUT2D eigenvalue weighted by atomic mass is 10.1. The van der Waals surface area contributed by atoms with Gasteiger partial charge in [0.05, 0.1) is 23.7 Å². The number of carbonyl (C=O) groups is 1. The van der Waals surface area contributed by atoms with Crippen molar-refractivity contribution in [1.29, 1.82) is 0 Å². The topological polar surface area (TPSA) is 78.8 Å². The highest BCUT2D eigenvalue weighted by atomic mass is 35.5. The van der Waals surface area contributed by atoms with Crippen LogP contribution in [0.15, 0.2) is 47.6 Å². The van der Waals surface area contributed by atoms with Gasteiger partial charge in [0.15, 0.2) is 0 Å². The quantitative estimate of drug-likeness (QED) is 0.516. The molecule has 0 unspecified atom stereocenters. The summed E-state index contributed by atoms with van der Waals surface area (Å²) >= 11 is 11.7. The number of rotatable bonds is 6. The molecule has 6 nitrogen and oxygen atoms in total. The van der Waals surface area contributed by atoms with Crippen LogP contribution in [0.5, 0.6) is 0 Å². The van der Waals surface area contributed by atoms with E-state index in [1.54, 1.807) is 0 Å². The van der Waals surface area contributed by atoms with Gasteiger partial charge in [-0.2, -0.15) is 18.3 Å². The van der Waals surface area contributed by atoms with E-state index in [0.717, 1.165) is 28.9 Å². The largest absolute Gasteiger partial charge is 0.416 e. The Bertz CT molecular complexity index is 1020. The van der Waals surface area contributed by atoms with Gasteiger partial charge in [0.25, 0.3) is 5.91 Å². The maximum absolute atomic E-state index is 12.7. The minimum Gasteiger partial charge on any atom is -0.271 e. The third-order valence-electron chi connectivity index (χ3n) is 3.44. The van der Waals surface area contributed by atoms with Crippen LogP contribution < -0.4 is 9.73 Å². The van der Waals surface area contributed by atoms with Crippen molar-refractivity contribution in [2.24, 2.45) is 5.10 Å². The molecule has 0 aliphatic heterocycles. The van der Waals surface area contributed by atoms with Gasteiger partial charge in [-0.05, 0) is 35.9 Å². The lowest BCUT2D eigenvalue weighted by molar-refractivity contribution is -0.137. The predicted molar refractivity (Wildman–Crippen MR) is 106 cm³/mol. The van der Waals surface area contributed by atoms with Crippen LogP contribution in [0, 0.1) is 0 Å². The summed E-state index contributed by atoms with van der Waals surface area (Å²) in [4.78, 5) is 12.1. The zero-order valence-corrected chi connectivity index (χ0v) is 17.1. The molecule has 0 saturated carbocycles. The smallest absolute Gasteiger partial charge is 0.271 e. The van der Waals surface area contributed by atoms with Crippen molar-refractivity contribution in [3.63, 3.8) is 0 Å². The van der Waals surface area contributed by atoms with Gasteiger partial charge in [-0.3, -0.25) is 9.10 Å². The van der Waals surface area contributed by atoms with Crippen molar-refractivity contribution in [3.8, 4) is 0 Å². The first kappa shape index (κ1) is 23.0. The van der Waals surface area contributed by atoms with Crippen LogP contribution in [-0.4, -0.2) is 33.3 Å². The maximum atomic E-state index is 12.7. The minimum atomic E-state index is -4.51. The Morgan fingerprint density at radius 1 is 1.17 bits per heavy atom. The Balaban J connectivity index is 2.12. The molecule has 2 rings (SSSR count). The molecule has 0 aromatic heterocycles. The monoisotopic (exact) mass is 467 g/mol. The number of alkyl halides is 3. The standard InChI is InChI=1S/C17H14Cl2F3N3O3S/c1-29(27,28)25(15-7-13(18)6-14(19)8-15)10-16(26)24-23-9-11-3-2-4-12(5-11)17(20,21)22/h2-9H,10H2,1H3,(H,24,26)/b23-9-. The third kappa shape index (κ3) is 6.91. The molecule has 0 spiro atoms. The average Bonchev–Trinajstić information content (AvgIpc) is 2.57. The Labute approximate surface area is 175 Å². The molecule has 0 atom stereocenters. The van der Waals surface area contributed by atoms with Crippen LogP contribution in [0.2, 0.25) is 10.0 Å². The maximum Gasteiger partial charge on any atom is 0.416 e. The molecule has 0 aliphatic rings. The van der Waals surface area contributed by atoms with Crippen molar-refractivity contribution >= 4 is 51.0 Å². The fraction of sp³-hybridized carbons (Fsp3) is 0.176. The van der Waals surface area contributed by atoms with Crippen LogP contribution in [0.25, 0.3) is 0 Å². The van der Waals surface area contributed by atoms with E-state index in [1.807, 2.05) is 0 Å². The lowest BCUT2D eigenvalue weighted by Crippen LogP contribution is -2.39. The van der Waals surface area contributed by atoms with E-state index < -0.39 is 34.2 Å². The molecule has 2 aromatic carbocycles. The first-order valence-corrected chi connectivity index (χ1v) is 10.4. The normalized spacial score (nSPS) is 12.2.